The van der Waals surface area contributed by atoms with Crippen molar-refractivity contribution in [3.8, 4) is 0 Å². The summed E-state index contributed by atoms with van der Waals surface area (Å²) in [6.07, 6.45) is 4.86. The molecule has 1 aromatic carbocycles. The molecule has 3 heterocycles. The molecule has 0 bridgehead atoms. The predicted molar refractivity (Wildman–Crippen MR) is 105 cm³/mol. The van der Waals surface area contributed by atoms with E-state index in [-0.39, 0.29) is 17.5 Å². The van der Waals surface area contributed by atoms with Crippen molar-refractivity contribution in [1.29, 1.82) is 0 Å². The normalized spacial score (nSPS) is 14.8. The molecule has 1 fully saturated rings. The average molecular weight is 378 g/mol. The molecule has 0 aliphatic carbocycles. The fourth-order valence-corrected chi connectivity index (χ4v) is 3.50. The lowest BCUT2D eigenvalue weighted by molar-refractivity contribution is 0.193. The maximum atomic E-state index is 12.7. The Morgan fingerprint density at radius 3 is 2.64 bits per heavy atom. The van der Waals surface area contributed by atoms with Crippen molar-refractivity contribution in [3.05, 3.63) is 76.7 Å². The molecule has 2 N–H and O–H groups in total. The van der Waals surface area contributed by atoms with Gasteiger partial charge in [0.15, 0.2) is 0 Å². The Hall–Kier alpha value is -3.42. The van der Waals surface area contributed by atoms with Crippen LogP contribution in [0.3, 0.4) is 0 Å². The van der Waals surface area contributed by atoms with Gasteiger partial charge in [0.2, 0.25) is 0 Å². The van der Waals surface area contributed by atoms with Gasteiger partial charge in [-0.15, -0.1) is 0 Å². The van der Waals surface area contributed by atoms with Gasteiger partial charge >= 0.3 is 6.03 Å². The first-order valence-corrected chi connectivity index (χ1v) is 9.35. The average Bonchev–Trinajstić information content (AvgIpc) is 3.27. The molecule has 0 spiro atoms. The lowest BCUT2D eigenvalue weighted by Crippen LogP contribution is -2.41. The van der Waals surface area contributed by atoms with Crippen LogP contribution in [0.5, 0.6) is 0 Å². The number of pyridine rings is 1. The number of carbonyl (C=O) groups is 1. The highest BCUT2D eigenvalue weighted by atomic mass is 16.2. The Morgan fingerprint density at radius 2 is 1.93 bits per heavy atom. The molecule has 144 valence electrons. The second kappa shape index (κ2) is 8.08. The third-order valence-electron chi connectivity index (χ3n) is 5.06. The van der Waals surface area contributed by atoms with E-state index in [4.69, 9.17) is 0 Å². The summed E-state index contributed by atoms with van der Waals surface area (Å²) >= 11 is 0. The second-order valence-corrected chi connectivity index (χ2v) is 6.90. The third kappa shape index (κ3) is 3.95. The number of carbonyl (C=O) groups excluding carboxylic acids is 1. The van der Waals surface area contributed by atoms with Crippen LogP contribution in [-0.4, -0.2) is 43.8 Å². The van der Waals surface area contributed by atoms with E-state index in [9.17, 15) is 9.59 Å². The zero-order valence-corrected chi connectivity index (χ0v) is 15.4. The van der Waals surface area contributed by atoms with E-state index in [2.05, 4.69) is 20.5 Å². The van der Waals surface area contributed by atoms with Crippen molar-refractivity contribution in [2.45, 2.75) is 25.3 Å². The minimum absolute atomic E-state index is 0.212. The van der Waals surface area contributed by atoms with Crippen molar-refractivity contribution in [2.75, 3.05) is 18.4 Å². The van der Waals surface area contributed by atoms with Crippen LogP contribution in [-0.2, 0) is 6.54 Å². The van der Waals surface area contributed by atoms with E-state index in [1.54, 1.807) is 27.8 Å². The molecule has 2 amide bonds. The number of urea groups is 1. The standard InChI is InChI=1S/C20H22N6O2/c27-19-17(7-4-10-26(19)13-15-5-2-1-3-6-15)23-20(28)25-11-8-16(9-12-25)18-21-14-22-24-18/h1-7,10,14,16H,8-9,11-13H2,(H,23,28)(H,21,22,24). The quantitative estimate of drug-likeness (QED) is 0.729. The smallest absolute Gasteiger partial charge is 0.321 e. The minimum atomic E-state index is -0.245. The van der Waals surface area contributed by atoms with Crippen LogP contribution in [0, 0.1) is 0 Å². The molecule has 0 radical (unpaired) electrons. The SMILES string of the molecule is O=C(Nc1cccn(Cc2ccccc2)c1=O)N1CCC(c2ncn[nH]2)CC1. The van der Waals surface area contributed by atoms with Crippen molar-refractivity contribution in [2.24, 2.45) is 0 Å². The molecule has 8 heteroatoms. The summed E-state index contributed by atoms with van der Waals surface area (Å²) in [6.45, 7) is 1.69. The predicted octanol–water partition coefficient (Wildman–Crippen LogP) is 2.43. The Morgan fingerprint density at radius 1 is 1.14 bits per heavy atom. The van der Waals surface area contributed by atoms with Gasteiger partial charge in [0.05, 0.1) is 6.54 Å². The number of hydrogen-bond donors (Lipinski definition) is 2. The number of H-pyrrole nitrogens is 1. The Bertz CT molecular complexity index is 975. The first-order chi connectivity index (χ1) is 13.7. The second-order valence-electron chi connectivity index (χ2n) is 6.90. The zero-order valence-electron chi connectivity index (χ0n) is 15.4. The monoisotopic (exact) mass is 378 g/mol. The number of benzene rings is 1. The molecule has 1 aliphatic heterocycles. The van der Waals surface area contributed by atoms with Crippen molar-refractivity contribution >= 4 is 11.7 Å². The van der Waals surface area contributed by atoms with Crippen LogP contribution in [0.1, 0.15) is 30.1 Å². The summed E-state index contributed by atoms with van der Waals surface area (Å²) in [5.74, 6) is 1.15. The number of aromatic amines is 1. The highest BCUT2D eigenvalue weighted by molar-refractivity contribution is 5.89. The topological polar surface area (TPSA) is 95.9 Å². The number of rotatable bonds is 4. The van der Waals surface area contributed by atoms with E-state index in [0.29, 0.717) is 25.3 Å². The number of hydrogen-bond acceptors (Lipinski definition) is 4. The first kappa shape index (κ1) is 18.0. The van der Waals surface area contributed by atoms with Crippen LogP contribution in [0.4, 0.5) is 10.5 Å². The summed E-state index contributed by atoms with van der Waals surface area (Å²) in [5.41, 5.74) is 1.11. The molecule has 1 aliphatic rings. The van der Waals surface area contributed by atoms with E-state index >= 15 is 0 Å². The minimum Gasteiger partial charge on any atom is -0.324 e. The van der Waals surface area contributed by atoms with Gasteiger partial charge in [0.25, 0.3) is 5.56 Å². The molecule has 2 aromatic heterocycles. The van der Waals surface area contributed by atoms with Crippen LogP contribution >= 0.6 is 0 Å². The third-order valence-corrected chi connectivity index (χ3v) is 5.06. The Labute approximate surface area is 162 Å². The summed E-state index contributed by atoms with van der Waals surface area (Å²) in [7, 11) is 0. The van der Waals surface area contributed by atoms with Gasteiger partial charge in [0.1, 0.15) is 17.8 Å². The Balaban J connectivity index is 1.40. The highest BCUT2D eigenvalue weighted by Crippen LogP contribution is 2.25. The van der Waals surface area contributed by atoms with Crippen LogP contribution in [0.2, 0.25) is 0 Å². The molecule has 0 saturated carbocycles. The maximum Gasteiger partial charge on any atom is 0.321 e. The molecule has 8 nitrogen and oxygen atoms in total. The largest absolute Gasteiger partial charge is 0.324 e. The van der Waals surface area contributed by atoms with Gasteiger partial charge in [-0.2, -0.15) is 5.10 Å². The summed E-state index contributed by atoms with van der Waals surface area (Å²) in [5, 5.41) is 9.56. The Kier molecular flexibility index (Phi) is 5.18. The fourth-order valence-electron chi connectivity index (χ4n) is 3.50. The zero-order chi connectivity index (χ0) is 19.3. The van der Waals surface area contributed by atoms with Gasteiger partial charge < -0.3 is 14.8 Å². The summed E-state index contributed by atoms with van der Waals surface area (Å²) in [4.78, 5) is 31.3. The highest BCUT2D eigenvalue weighted by Gasteiger charge is 2.25. The van der Waals surface area contributed by atoms with E-state index < -0.39 is 0 Å². The van der Waals surface area contributed by atoms with Gasteiger partial charge in [-0.25, -0.2) is 9.78 Å². The fraction of sp³-hybridized carbons (Fsp3) is 0.300. The number of aromatic nitrogens is 4. The lowest BCUT2D eigenvalue weighted by Gasteiger charge is -2.30. The van der Waals surface area contributed by atoms with Crippen molar-refractivity contribution < 1.29 is 4.79 Å². The molecular weight excluding hydrogens is 356 g/mol. The van der Waals surface area contributed by atoms with Crippen LogP contribution < -0.4 is 10.9 Å². The van der Waals surface area contributed by atoms with E-state index in [0.717, 1.165) is 24.2 Å². The number of nitrogens with zero attached hydrogens (tertiary/aromatic N) is 4. The molecule has 4 rings (SSSR count). The summed E-state index contributed by atoms with van der Waals surface area (Å²) < 4.78 is 1.60. The van der Waals surface area contributed by atoms with Crippen LogP contribution in [0.15, 0.2) is 59.8 Å². The first-order valence-electron chi connectivity index (χ1n) is 9.35. The van der Waals surface area contributed by atoms with Gasteiger partial charge in [-0.1, -0.05) is 30.3 Å². The molecule has 0 atom stereocenters. The number of amides is 2. The molecule has 28 heavy (non-hydrogen) atoms. The lowest BCUT2D eigenvalue weighted by atomic mass is 9.96. The summed E-state index contributed by atoms with van der Waals surface area (Å²) in [6, 6.07) is 12.9. The van der Waals surface area contributed by atoms with Crippen molar-refractivity contribution in [3.63, 3.8) is 0 Å². The number of nitrogens with one attached hydrogen (secondary N) is 2. The van der Waals surface area contributed by atoms with E-state index in [1.165, 1.54) is 6.33 Å². The van der Waals surface area contributed by atoms with E-state index in [1.807, 2.05) is 30.3 Å². The van der Waals surface area contributed by atoms with Crippen LogP contribution in [0.25, 0.3) is 0 Å². The van der Waals surface area contributed by atoms with Gasteiger partial charge in [0, 0.05) is 25.2 Å². The molecule has 1 saturated heterocycles. The number of anilines is 1. The number of piperidine rings is 1. The molecule has 3 aromatic rings. The van der Waals surface area contributed by atoms with Crippen molar-refractivity contribution in [1.82, 2.24) is 24.6 Å². The molecular formula is C20H22N6O2. The van der Waals surface area contributed by atoms with Gasteiger partial charge in [-0.3, -0.25) is 9.89 Å². The molecule has 0 unspecified atom stereocenters. The number of likely N-dealkylation sites (tertiary alicyclic amines) is 1. The maximum absolute atomic E-state index is 12.7. The van der Waals surface area contributed by atoms with Gasteiger partial charge in [-0.05, 0) is 30.5 Å².